The number of rotatable bonds is 14. The van der Waals surface area contributed by atoms with Crippen LogP contribution in [0.5, 0.6) is 17.2 Å². The predicted molar refractivity (Wildman–Crippen MR) is 335 cm³/mol. The molecule has 30 nitrogen and oxygen atoms in total. The van der Waals surface area contributed by atoms with Gasteiger partial charge < -0.3 is 128 Å². The van der Waals surface area contributed by atoms with Crippen LogP contribution in [0.15, 0.2) is 29.7 Å². The molecule has 6 aliphatic carbocycles. The molecule has 27 unspecified atom stereocenters. The van der Waals surface area contributed by atoms with Crippen LogP contribution in [0.4, 0.5) is 0 Å². The van der Waals surface area contributed by atoms with Crippen molar-refractivity contribution in [2.45, 2.75) is 264 Å². The molecule has 14 N–H and O–H groups in total. The molecule has 0 radical (unpaired) electrons. The van der Waals surface area contributed by atoms with E-state index in [9.17, 15) is 71.5 Å². The molecule has 30 heteroatoms. The van der Waals surface area contributed by atoms with E-state index in [4.69, 9.17) is 56.5 Å². The summed E-state index contributed by atoms with van der Waals surface area (Å²) in [7, 11) is 2.33. The van der Waals surface area contributed by atoms with Gasteiger partial charge in [0, 0.05) is 42.6 Å². The third-order valence-corrected chi connectivity index (χ3v) is 22.9. The van der Waals surface area contributed by atoms with Crippen LogP contribution in [0.3, 0.4) is 0 Å². The summed E-state index contributed by atoms with van der Waals surface area (Å²) < 4.78 is 75.0. The normalized spacial score (nSPS) is 42.4. The molecular weight excluding hydrogens is 1300 g/mol. The van der Waals surface area contributed by atoms with Gasteiger partial charge in [-0.15, -0.1) is 0 Å². The fourth-order valence-corrected chi connectivity index (χ4v) is 18.0. The lowest BCUT2D eigenvalue weighted by Crippen LogP contribution is -2.79. The number of methoxy groups -OCH3 is 2. The highest BCUT2D eigenvalue weighted by Gasteiger charge is 2.80. The maximum absolute atomic E-state index is 16.0. The standard InChI is InChI=1S/C68H84O30/c1-9-15-65(84)63(95-32-13-11-28(69)21(3)89-32)52(80)55(93-34-19-30(71)45(73)23(5)91-34)27-18-25-17-26-37(47(75)36(25)61(82)67(27,65)85)56-43(59(88-8)54(26)87-7)41-48(76)38-39(51(79)58(41)97-56)49(77)40-42(50(38)78)62(83)68(86)44-57(40)98-66(68,16-10-2)64(96-33-14-12-29(70)22(4)90-33)53(81)60(44)94-35-20-31(72)46(74)24(6)92-35/h17,21-24,27-35,44-46,52-53,55,57,60,63-64,69-74,77,80-86H,9-16,18-20H2,1-8H3. The lowest BCUT2D eigenvalue weighted by Gasteiger charge is -2.60. The molecular formula is C68H84O30. The molecule has 7 fully saturated rings. The van der Waals surface area contributed by atoms with E-state index in [1.165, 1.54) is 27.0 Å². The van der Waals surface area contributed by atoms with Crippen molar-refractivity contribution in [1.82, 2.24) is 0 Å². The van der Waals surface area contributed by atoms with Crippen molar-refractivity contribution < 1.29 is 128 Å². The first kappa shape index (κ1) is 69.4. The van der Waals surface area contributed by atoms with Gasteiger partial charge in [-0.05, 0) is 71.4 Å². The molecule has 0 spiro atoms. The van der Waals surface area contributed by atoms with Gasteiger partial charge in [0.25, 0.3) is 0 Å². The van der Waals surface area contributed by atoms with Crippen molar-refractivity contribution in [2.24, 2.45) is 11.8 Å². The van der Waals surface area contributed by atoms with Gasteiger partial charge in [0.1, 0.15) is 65.1 Å². The van der Waals surface area contributed by atoms with E-state index < -0.39 is 269 Å². The number of furan rings is 1. The van der Waals surface area contributed by atoms with Gasteiger partial charge in [-0.1, -0.05) is 26.7 Å². The Balaban J connectivity index is 0.982. The average Bonchev–Trinajstić information content (AvgIpc) is 1.44. The number of aliphatic hydroxyl groups excluding tert-OH is 10. The maximum atomic E-state index is 16.0. The number of hydrogen-bond acceptors (Lipinski definition) is 30. The second-order valence-electron chi connectivity index (χ2n) is 28.3. The molecule has 5 aliphatic heterocycles. The molecule has 1 aromatic heterocycles. The number of hydrogen-bond donors (Lipinski definition) is 14. The summed E-state index contributed by atoms with van der Waals surface area (Å²) in [6.45, 7) is 9.42. The van der Waals surface area contributed by atoms with Crippen molar-refractivity contribution in [3.05, 3.63) is 79.0 Å². The smallest absolute Gasteiger partial charge is 0.233 e. The summed E-state index contributed by atoms with van der Waals surface area (Å²) in [5.41, 5.74) is -18.3. The number of ether oxygens (including phenoxy) is 11. The Morgan fingerprint density at radius 2 is 1.05 bits per heavy atom. The first-order chi connectivity index (χ1) is 46.4. The Hall–Kier alpha value is -5.66. The summed E-state index contributed by atoms with van der Waals surface area (Å²) in [6.07, 6.45) is -30.3. The van der Waals surface area contributed by atoms with Crippen LogP contribution in [-0.4, -0.2) is 231 Å². The second kappa shape index (κ2) is 24.5. The summed E-state index contributed by atoms with van der Waals surface area (Å²) in [4.78, 5) is 63.1. The van der Waals surface area contributed by atoms with Crippen molar-refractivity contribution in [1.29, 1.82) is 0 Å². The third kappa shape index (κ3) is 9.51. The molecule has 6 heterocycles. The molecule has 11 aliphatic rings. The largest absolute Gasteiger partial charge is 0.508 e. The zero-order valence-corrected chi connectivity index (χ0v) is 54.9. The van der Waals surface area contributed by atoms with E-state index in [-0.39, 0.29) is 80.2 Å². The zero-order chi connectivity index (χ0) is 70.4. The highest BCUT2D eigenvalue weighted by molar-refractivity contribution is 6.20. The number of aliphatic hydroxyl groups is 13. The van der Waals surface area contributed by atoms with Crippen molar-refractivity contribution in [3.8, 4) is 17.2 Å². The molecule has 3 aromatic rings. The zero-order valence-electron chi connectivity index (χ0n) is 54.9. The molecule has 98 heavy (non-hydrogen) atoms. The SMILES string of the molecule is CCCC1(O)C(OC2CCC(O)C(C)O2)C(O)C(OC2CC(O)C(O)C(C)O2)C2Cc3cc4c(OC)c(OC)c5c(oc6c(=O)c7c(O)c8c(c(=O)c=7c(=O)c65)=C(O)C5(O)C6C8OC5(CCC)C(OC5CCC(O)C(C)O5)C(O)C6OC5CC(O)C(O)C(C)O5)c4c(=O)c3=C(O)C21O. The molecule has 536 valence electrons. The Bertz CT molecular complexity index is 4420. The van der Waals surface area contributed by atoms with Gasteiger partial charge in [-0.3, -0.25) is 19.2 Å². The minimum atomic E-state index is -3.02. The van der Waals surface area contributed by atoms with Crippen LogP contribution in [0.2, 0.25) is 0 Å². The molecule has 14 rings (SSSR count). The Morgan fingerprint density at radius 1 is 0.520 bits per heavy atom. The minimum Gasteiger partial charge on any atom is -0.508 e. The van der Waals surface area contributed by atoms with Crippen LogP contribution in [0.1, 0.15) is 123 Å². The number of fused-ring (bicyclic) bond motifs is 9. The molecule has 0 amide bonds. The fourth-order valence-electron chi connectivity index (χ4n) is 18.0. The lowest BCUT2D eigenvalue weighted by molar-refractivity contribution is -0.357. The van der Waals surface area contributed by atoms with Gasteiger partial charge >= 0.3 is 0 Å². The number of aromatic hydroxyl groups is 1. The van der Waals surface area contributed by atoms with Gasteiger partial charge in [0.05, 0.1) is 124 Å². The van der Waals surface area contributed by atoms with Crippen molar-refractivity contribution in [3.63, 3.8) is 0 Å². The minimum absolute atomic E-state index is 0.0346. The maximum Gasteiger partial charge on any atom is 0.233 e. The summed E-state index contributed by atoms with van der Waals surface area (Å²) >= 11 is 0. The third-order valence-electron chi connectivity index (χ3n) is 22.9. The molecule has 5 saturated heterocycles. The monoisotopic (exact) mass is 1380 g/mol. The van der Waals surface area contributed by atoms with Crippen LogP contribution in [-0.2, 0) is 49.1 Å². The predicted octanol–water partition coefficient (Wildman–Crippen LogP) is -1.98. The van der Waals surface area contributed by atoms with E-state index in [2.05, 4.69) is 0 Å². The van der Waals surface area contributed by atoms with Gasteiger partial charge in [0.2, 0.25) is 21.7 Å². The summed E-state index contributed by atoms with van der Waals surface area (Å²) in [5, 5.41) is 164. The highest BCUT2D eigenvalue weighted by atomic mass is 16.7. The van der Waals surface area contributed by atoms with Gasteiger partial charge in [-0.25, -0.2) is 0 Å². The average molecular weight is 1380 g/mol. The topological polar surface area (TPSA) is 466 Å². The van der Waals surface area contributed by atoms with E-state index in [1.807, 2.05) is 0 Å². The van der Waals surface area contributed by atoms with E-state index in [1.54, 1.807) is 27.7 Å². The van der Waals surface area contributed by atoms with Crippen LogP contribution in [0.25, 0.3) is 44.2 Å². The molecule has 27 atom stereocenters. The van der Waals surface area contributed by atoms with Crippen molar-refractivity contribution in [2.75, 3.05) is 14.2 Å². The van der Waals surface area contributed by atoms with E-state index in [0.29, 0.717) is 0 Å². The first-order valence-electron chi connectivity index (χ1n) is 33.6. The van der Waals surface area contributed by atoms with Gasteiger partial charge in [-0.2, -0.15) is 0 Å². The Kier molecular flexibility index (Phi) is 17.4. The number of benzene rings is 2. The van der Waals surface area contributed by atoms with Crippen LogP contribution >= 0.6 is 0 Å². The summed E-state index contributed by atoms with van der Waals surface area (Å²) in [6, 6.07) is 1.36. The summed E-state index contributed by atoms with van der Waals surface area (Å²) in [5.74, 6) is -7.46. The first-order valence-corrected chi connectivity index (χ1v) is 33.6. The van der Waals surface area contributed by atoms with Crippen molar-refractivity contribution >= 4 is 44.2 Å². The lowest BCUT2D eigenvalue weighted by atomic mass is 9.56. The molecule has 2 saturated carbocycles. The Labute approximate surface area is 556 Å². The van der Waals surface area contributed by atoms with Gasteiger partial charge in [0.15, 0.2) is 59.0 Å². The Morgan fingerprint density at radius 3 is 1.60 bits per heavy atom. The molecule has 4 bridgehead atoms. The van der Waals surface area contributed by atoms with Crippen LogP contribution in [0, 0.1) is 22.3 Å². The second-order valence-corrected chi connectivity index (χ2v) is 28.3. The van der Waals surface area contributed by atoms with E-state index in [0.717, 1.165) is 7.11 Å². The quantitative estimate of drug-likeness (QED) is 0.0573. The van der Waals surface area contributed by atoms with E-state index >= 15 is 19.2 Å². The fraction of sp³-hybridized carbons (Fsp3) is 0.676. The highest BCUT2D eigenvalue weighted by Crippen LogP contribution is 2.66. The molecule has 2 aromatic carbocycles. The van der Waals surface area contributed by atoms with Crippen LogP contribution < -0.4 is 41.6 Å².